The summed E-state index contributed by atoms with van der Waals surface area (Å²) < 4.78 is 20.6. The first kappa shape index (κ1) is 24.9. The second-order valence-corrected chi connectivity index (χ2v) is 9.72. The average molecular weight is 475 g/mol. The van der Waals surface area contributed by atoms with Crippen LogP contribution >= 0.6 is 0 Å². The summed E-state index contributed by atoms with van der Waals surface area (Å²) in [6.07, 6.45) is 1.22. The third kappa shape index (κ3) is 6.29. The van der Waals surface area contributed by atoms with Gasteiger partial charge in [-0.1, -0.05) is 68.4 Å². The number of fused-ring (bicyclic) bond motifs is 1. The Morgan fingerprint density at radius 1 is 1.06 bits per heavy atom. The van der Waals surface area contributed by atoms with Crippen molar-refractivity contribution in [3.8, 4) is 5.75 Å². The van der Waals surface area contributed by atoms with Crippen molar-refractivity contribution in [1.82, 2.24) is 10.2 Å². The first-order valence-corrected chi connectivity index (χ1v) is 12.5. The van der Waals surface area contributed by atoms with Gasteiger partial charge in [-0.2, -0.15) is 0 Å². The number of carbonyl (C=O) groups excluding carboxylic acids is 1. The van der Waals surface area contributed by atoms with E-state index in [9.17, 15) is 9.18 Å². The largest absolute Gasteiger partial charge is 0.481 e. The first-order chi connectivity index (χ1) is 16.9. The highest BCUT2D eigenvalue weighted by atomic mass is 19.1. The highest BCUT2D eigenvalue weighted by molar-refractivity contribution is 5.80. The molecule has 5 heteroatoms. The van der Waals surface area contributed by atoms with Gasteiger partial charge in [0.05, 0.1) is 6.04 Å². The molecular weight excluding hydrogens is 439 g/mol. The van der Waals surface area contributed by atoms with Crippen molar-refractivity contribution < 1.29 is 13.9 Å². The van der Waals surface area contributed by atoms with Gasteiger partial charge in [0.15, 0.2) is 6.10 Å². The molecule has 3 aromatic carbocycles. The van der Waals surface area contributed by atoms with Gasteiger partial charge in [-0.3, -0.25) is 9.69 Å². The number of benzene rings is 3. The molecule has 0 saturated heterocycles. The minimum Gasteiger partial charge on any atom is -0.481 e. The fourth-order valence-electron chi connectivity index (χ4n) is 4.65. The zero-order valence-electron chi connectivity index (χ0n) is 20.8. The van der Waals surface area contributed by atoms with Crippen molar-refractivity contribution in [2.75, 3.05) is 13.1 Å². The number of carbonyl (C=O) groups is 1. The van der Waals surface area contributed by atoms with Crippen LogP contribution in [-0.4, -0.2) is 30.0 Å². The van der Waals surface area contributed by atoms with Gasteiger partial charge in [-0.05, 0) is 60.6 Å². The minimum absolute atomic E-state index is 0.0294. The van der Waals surface area contributed by atoms with E-state index in [1.54, 1.807) is 13.0 Å². The van der Waals surface area contributed by atoms with Crippen molar-refractivity contribution >= 4 is 5.91 Å². The Bertz CT molecular complexity index is 1130. The molecule has 184 valence electrons. The van der Waals surface area contributed by atoms with E-state index in [0.29, 0.717) is 30.3 Å². The highest BCUT2D eigenvalue weighted by Crippen LogP contribution is 2.38. The Kier molecular flexibility index (Phi) is 8.19. The third-order valence-electron chi connectivity index (χ3n) is 6.60. The van der Waals surface area contributed by atoms with Crippen molar-refractivity contribution in [2.24, 2.45) is 5.92 Å². The summed E-state index contributed by atoms with van der Waals surface area (Å²) in [6.45, 7) is 8.05. The van der Waals surface area contributed by atoms with Crippen LogP contribution in [0.3, 0.4) is 0 Å². The fourth-order valence-corrected chi connectivity index (χ4v) is 4.65. The predicted molar refractivity (Wildman–Crippen MR) is 138 cm³/mol. The lowest BCUT2D eigenvalue weighted by Crippen LogP contribution is -2.37. The maximum absolute atomic E-state index is 14.5. The molecule has 0 spiro atoms. The molecule has 0 aliphatic carbocycles. The van der Waals surface area contributed by atoms with Crippen LogP contribution < -0.4 is 10.1 Å². The lowest BCUT2D eigenvalue weighted by atomic mass is 9.87. The molecule has 1 N–H and O–H groups in total. The van der Waals surface area contributed by atoms with Crippen molar-refractivity contribution in [3.05, 3.63) is 101 Å². The Morgan fingerprint density at radius 2 is 1.80 bits per heavy atom. The van der Waals surface area contributed by atoms with Gasteiger partial charge < -0.3 is 10.1 Å². The van der Waals surface area contributed by atoms with Crippen LogP contribution in [0.25, 0.3) is 0 Å². The molecule has 2 atom stereocenters. The number of hydrogen-bond donors (Lipinski definition) is 1. The van der Waals surface area contributed by atoms with Crippen LogP contribution in [0.15, 0.2) is 72.8 Å². The second-order valence-electron chi connectivity index (χ2n) is 9.72. The van der Waals surface area contributed by atoms with Gasteiger partial charge >= 0.3 is 0 Å². The lowest BCUT2D eigenvalue weighted by Gasteiger charge is -2.38. The molecule has 1 amide bonds. The highest BCUT2D eigenvalue weighted by Gasteiger charge is 2.30. The van der Waals surface area contributed by atoms with Crippen molar-refractivity contribution in [3.63, 3.8) is 0 Å². The molecule has 0 saturated carbocycles. The van der Waals surface area contributed by atoms with E-state index in [1.165, 1.54) is 11.6 Å². The van der Waals surface area contributed by atoms with Gasteiger partial charge in [0.1, 0.15) is 11.6 Å². The fraction of sp³-hybridized carbons (Fsp3) is 0.367. The molecule has 1 aliphatic rings. The van der Waals surface area contributed by atoms with Crippen LogP contribution in [0.1, 0.15) is 55.5 Å². The van der Waals surface area contributed by atoms with Gasteiger partial charge in [0, 0.05) is 25.2 Å². The second kappa shape index (κ2) is 11.5. The first-order valence-electron chi connectivity index (χ1n) is 12.5. The number of halogens is 1. The molecule has 0 radical (unpaired) electrons. The quantitative estimate of drug-likeness (QED) is 0.420. The molecular formula is C30H35FN2O2. The summed E-state index contributed by atoms with van der Waals surface area (Å²) >= 11 is 0. The summed E-state index contributed by atoms with van der Waals surface area (Å²) in [4.78, 5) is 14.8. The van der Waals surface area contributed by atoms with Crippen LogP contribution in [0.2, 0.25) is 0 Å². The summed E-state index contributed by atoms with van der Waals surface area (Å²) in [5.74, 6) is 0.919. The van der Waals surface area contributed by atoms with Crippen molar-refractivity contribution in [2.45, 2.75) is 52.3 Å². The van der Waals surface area contributed by atoms with E-state index in [0.717, 1.165) is 30.5 Å². The van der Waals surface area contributed by atoms with E-state index in [-0.39, 0.29) is 17.8 Å². The Labute approximate surface area is 208 Å². The lowest BCUT2D eigenvalue weighted by molar-refractivity contribution is -0.127. The van der Waals surface area contributed by atoms with Crippen LogP contribution in [0.5, 0.6) is 5.75 Å². The number of hydrogen-bond acceptors (Lipinski definition) is 3. The molecule has 0 unspecified atom stereocenters. The smallest absolute Gasteiger partial charge is 0.260 e. The third-order valence-corrected chi connectivity index (χ3v) is 6.60. The van der Waals surface area contributed by atoms with Crippen molar-refractivity contribution in [1.29, 1.82) is 0 Å². The Balaban J connectivity index is 1.58. The van der Waals surface area contributed by atoms with Gasteiger partial charge in [-0.25, -0.2) is 4.39 Å². The van der Waals surface area contributed by atoms with E-state index in [1.807, 2.05) is 36.4 Å². The topological polar surface area (TPSA) is 41.6 Å². The van der Waals surface area contributed by atoms with E-state index < -0.39 is 6.10 Å². The molecule has 0 aromatic heterocycles. The van der Waals surface area contributed by atoms with E-state index in [4.69, 9.17) is 4.74 Å². The molecule has 1 heterocycles. The monoisotopic (exact) mass is 474 g/mol. The SMILES string of the molecule is CC(C)CCNC(=O)[C@@H](C)Oc1ccc2c(c1)[C@@H](c1ccccc1)N(Cc1ccccc1F)CC2. The minimum atomic E-state index is -0.589. The summed E-state index contributed by atoms with van der Waals surface area (Å²) in [6, 6.07) is 23.4. The molecule has 3 aromatic rings. The maximum Gasteiger partial charge on any atom is 0.260 e. The van der Waals surface area contributed by atoms with Gasteiger partial charge in [0.2, 0.25) is 0 Å². The number of nitrogens with one attached hydrogen (secondary N) is 1. The Morgan fingerprint density at radius 3 is 2.54 bits per heavy atom. The standard InChI is InChI=1S/C30H35FN2O2/c1-21(2)15-17-32-30(34)22(3)35-26-14-13-23-16-18-33(20-25-11-7-8-12-28(25)31)29(27(23)19-26)24-9-5-4-6-10-24/h4-14,19,21-22,29H,15-18,20H2,1-3H3,(H,32,34)/t22-,29-/m1/s1. The summed E-state index contributed by atoms with van der Waals surface area (Å²) in [5, 5.41) is 2.96. The average Bonchev–Trinajstić information content (AvgIpc) is 2.85. The van der Waals surface area contributed by atoms with Crippen LogP contribution in [0.4, 0.5) is 4.39 Å². The number of amides is 1. The van der Waals surface area contributed by atoms with Gasteiger partial charge in [-0.15, -0.1) is 0 Å². The zero-order chi connectivity index (χ0) is 24.8. The number of ether oxygens (including phenoxy) is 1. The normalized spacial score (nSPS) is 16.5. The number of rotatable bonds is 9. The maximum atomic E-state index is 14.5. The molecule has 4 nitrogen and oxygen atoms in total. The number of nitrogens with zero attached hydrogens (tertiary/aromatic N) is 1. The predicted octanol–water partition coefficient (Wildman–Crippen LogP) is 5.90. The van der Waals surface area contributed by atoms with E-state index >= 15 is 0 Å². The van der Waals surface area contributed by atoms with Gasteiger partial charge in [0.25, 0.3) is 5.91 Å². The molecule has 4 rings (SSSR count). The summed E-state index contributed by atoms with van der Waals surface area (Å²) in [7, 11) is 0. The zero-order valence-corrected chi connectivity index (χ0v) is 20.8. The molecule has 0 bridgehead atoms. The summed E-state index contributed by atoms with van der Waals surface area (Å²) in [5.41, 5.74) is 4.24. The van der Waals surface area contributed by atoms with E-state index in [2.05, 4.69) is 48.3 Å². The van der Waals surface area contributed by atoms with Crippen LogP contribution in [-0.2, 0) is 17.8 Å². The molecule has 1 aliphatic heterocycles. The van der Waals surface area contributed by atoms with Crippen LogP contribution in [0, 0.1) is 11.7 Å². The molecule has 35 heavy (non-hydrogen) atoms. The molecule has 0 fully saturated rings. The Hall–Kier alpha value is -3.18.